The van der Waals surface area contributed by atoms with Gasteiger partial charge in [-0.05, 0) is 78.9 Å². The molecule has 0 unspecified atom stereocenters. The van der Waals surface area contributed by atoms with Crippen molar-refractivity contribution >= 4 is 55.9 Å². The lowest BCUT2D eigenvalue weighted by molar-refractivity contribution is 0.477. The van der Waals surface area contributed by atoms with Gasteiger partial charge in [0.2, 0.25) is 0 Å². The van der Waals surface area contributed by atoms with Gasteiger partial charge in [-0.15, -0.1) is 0 Å². The fourth-order valence-electron chi connectivity index (χ4n) is 8.57. The molecule has 4 heterocycles. The number of fused-ring (bicyclic) bond motifs is 7. The number of aromatic nitrogens is 4. The molecule has 2 aromatic heterocycles. The first-order valence-electron chi connectivity index (χ1n) is 19.4. The fourth-order valence-corrected chi connectivity index (χ4v) is 8.57. The first-order valence-corrected chi connectivity index (χ1v) is 19.4. The standard InChI is InChI=1S/C51H32N6O/c1-3-16-33(17-4-1)49-52-50(34-18-15-21-37(30-34)56-43-26-11-13-28-46(43)58-47-29-14-12-27-44(47)56)54-51(53-49)35-31-39-38-22-7-8-23-40(38)57-42-25-10-9-24-41(42)55(45(32-35)48(39)57)36-19-5-2-6-20-36/h1-32H. The second-order valence-corrected chi connectivity index (χ2v) is 14.5. The maximum absolute atomic E-state index is 6.33. The Morgan fingerprint density at radius 3 is 1.62 bits per heavy atom. The van der Waals surface area contributed by atoms with Crippen molar-refractivity contribution in [2.24, 2.45) is 0 Å². The zero-order valence-electron chi connectivity index (χ0n) is 31.1. The summed E-state index contributed by atoms with van der Waals surface area (Å²) in [6.45, 7) is 0. The lowest BCUT2D eigenvalue weighted by Crippen LogP contribution is -2.18. The minimum Gasteiger partial charge on any atom is -0.453 e. The topological polar surface area (TPSA) is 59.3 Å². The van der Waals surface area contributed by atoms with Crippen molar-refractivity contribution in [2.75, 3.05) is 9.80 Å². The van der Waals surface area contributed by atoms with Crippen LogP contribution in [0.3, 0.4) is 0 Å². The third kappa shape index (κ3) is 4.97. The number of nitrogens with zero attached hydrogens (tertiary/aromatic N) is 6. The Balaban J connectivity index is 1.09. The second-order valence-electron chi connectivity index (χ2n) is 14.5. The van der Waals surface area contributed by atoms with Crippen LogP contribution in [-0.2, 0) is 0 Å². The summed E-state index contributed by atoms with van der Waals surface area (Å²) >= 11 is 0. The van der Waals surface area contributed by atoms with E-state index in [1.807, 2.05) is 54.6 Å². The second kappa shape index (κ2) is 12.8. The Morgan fingerprint density at radius 1 is 0.345 bits per heavy atom. The quantitative estimate of drug-likeness (QED) is 0.175. The van der Waals surface area contributed by atoms with Gasteiger partial charge in [0, 0.05) is 38.8 Å². The van der Waals surface area contributed by atoms with Gasteiger partial charge < -0.3 is 19.1 Å². The molecule has 272 valence electrons. The number of ether oxygens (including phenoxy) is 1. The van der Waals surface area contributed by atoms with E-state index in [0.717, 1.165) is 84.4 Å². The Hall–Kier alpha value is -8.03. The van der Waals surface area contributed by atoms with Crippen LogP contribution in [0.1, 0.15) is 0 Å². The predicted molar refractivity (Wildman–Crippen MR) is 233 cm³/mol. The summed E-state index contributed by atoms with van der Waals surface area (Å²) in [5.41, 5.74) is 12.3. The third-order valence-corrected chi connectivity index (χ3v) is 11.1. The van der Waals surface area contributed by atoms with Crippen molar-refractivity contribution in [1.29, 1.82) is 0 Å². The average Bonchev–Trinajstić information content (AvgIpc) is 3.63. The van der Waals surface area contributed by atoms with Crippen molar-refractivity contribution in [1.82, 2.24) is 19.5 Å². The molecule has 12 rings (SSSR count). The smallest absolute Gasteiger partial charge is 0.164 e. The van der Waals surface area contributed by atoms with Gasteiger partial charge in [0.25, 0.3) is 0 Å². The molecule has 0 bridgehead atoms. The number of hydrogen-bond donors (Lipinski definition) is 0. The van der Waals surface area contributed by atoms with Gasteiger partial charge in [-0.2, -0.15) is 0 Å². The number of para-hydroxylation sites is 8. The number of hydrogen-bond acceptors (Lipinski definition) is 6. The van der Waals surface area contributed by atoms with E-state index in [1.54, 1.807) is 0 Å². The first kappa shape index (κ1) is 32.2. The van der Waals surface area contributed by atoms with Crippen LogP contribution in [0.2, 0.25) is 0 Å². The van der Waals surface area contributed by atoms with E-state index >= 15 is 0 Å². The maximum Gasteiger partial charge on any atom is 0.164 e. The lowest BCUT2D eigenvalue weighted by Gasteiger charge is -2.33. The number of rotatable bonds is 5. The Bertz CT molecular complexity index is 3190. The van der Waals surface area contributed by atoms with E-state index in [2.05, 4.69) is 154 Å². The lowest BCUT2D eigenvalue weighted by atomic mass is 10.0. The molecular formula is C51H32N6O. The van der Waals surface area contributed by atoms with Crippen LogP contribution in [0.4, 0.5) is 34.1 Å². The number of benzene rings is 8. The van der Waals surface area contributed by atoms with Gasteiger partial charge in [-0.25, -0.2) is 15.0 Å². The molecule has 0 fully saturated rings. The normalized spacial score (nSPS) is 12.6. The zero-order valence-corrected chi connectivity index (χ0v) is 31.1. The van der Waals surface area contributed by atoms with Crippen LogP contribution < -0.4 is 14.5 Å². The molecule has 8 aromatic carbocycles. The van der Waals surface area contributed by atoms with Crippen LogP contribution in [0.5, 0.6) is 11.5 Å². The zero-order chi connectivity index (χ0) is 38.2. The van der Waals surface area contributed by atoms with Crippen LogP contribution in [0.15, 0.2) is 194 Å². The van der Waals surface area contributed by atoms with Gasteiger partial charge in [0.15, 0.2) is 29.0 Å². The summed E-state index contributed by atoms with van der Waals surface area (Å²) in [6, 6.07) is 67.2. The summed E-state index contributed by atoms with van der Waals surface area (Å²) in [4.78, 5) is 20.3. The third-order valence-electron chi connectivity index (χ3n) is 11.1. The van der Waals surface area contributed by atoms with Crippen LogP contribution in [0.25, 0.3) is 61.7 Å². The summed E-state index contributed by atoms with van der Waals surface area (Å²) in [6.07, 6.45) is 0. The van der Waals surface area contributed by atoms with Crippen molar-refractivity contribution in [3.8, 4) is 51.3 Å². The minimum absolute atomic E-state index is 0.585. The molecule has 58 heavy (non-hydrogen) atoms. The van der Waals surface area contributed by atoms with Gasteiger partial charge in [0.05, 0.1) is 39.5 Å². The first-order chi connectivity index (χ1) is 28.8. The van der Waals surface area contributed by atoms with Gasteiger partial charge >= 0.3 is 0 Å². The van der Waals surface area contributed by atoms with Crippen LogP contribution >= 0.6 is 0 Å². The SMILES string of the molecule is c1ccc(-c2nc(-c3cccc(N4c5ccccc5Oc5ccccc54)c3)nc(-c3cc4c5c(c3)c3ccccc3n5-c3ccccc3N4c3ccccc3)n2)cc1. The summed E-state index contributed by atoms with van der Waals surface area (Å²) in [5.74, 6) is 3.39. The molecule has 0 spiro atoms. The van der Waals surface area contributed by atoms with Gasteiger partial charge in [-0.1, -0.05) is 115 Å². The molecule has 0 aliphatic carbocycles. The van der Waals surface area contributed by atoms with E-state index in [-0.39, 0.29) is 0 Å². The molecule has 0 N–H and O–H groups in total. The molecule has 0 saturated carbocycles. The van der Waals surface area contributed by atoms with E-state index in [9.17, 15) is 0 Å². The van der Waals surface area contributed by atoms with E-state index in [1.165, 1.54) is 5.39 Å². The van der Waals surface area contributed by atoms with Crippen molar-refractivity contribution in [3.05, 3.63) is 194 Å². The monoisotopic (exact) mass is 744 g/mol. The summed E-state index contributed by atoms with van der Waals surface area (Å²) in [7, 11) is 0. The molecule has 10 aromatic rings. The van der Waals surface area contributed by atoms with E-state index < -0.39 is 0 Å². The molecule has 0 saturated heterocycles. The number of anilines is 6. The van der Waals surface area contributed by atoms with Crippen molar-refractivity contribution < 1.29 is 4.74 Å². The maximum atomic E-state index is 6.33. The van der Waals surface area contributed by atoms with Crippen LogP contribution in [-0.4, -0.2) is 19.5 Å². The predicted octanol–water partition coefficient (Wildman–Crippen LogP) is 13.3. The highest BCUT2D eigenvalue weighted by Gasteiger charge is 2.30. The van der Waals surface area contributed by atoms with Crippen molar-refractivity contribution in [2.45, 2.75) is 0 Å². The van der Waals surface area contributed by atoms with Crippen molar-refractivity contribution in [3.63, 3.8) is 0 Å². The Morgan fingerprint density at radius 2 is 0.879 bits per heavy atom. The highest BCUT2D eigenvalue weighted by Crippen LogP contribution is 2.52. The summed E-state index contributed by atoms with van der Waals surface area (Å²) in [5, 5.41) is 2.30. The minimum atomic E-state index is 0.585. The molecule has 2 aliphatic rings. The molecule has 2 aliphatic heterocycles. The molecule has 0 radical (unpaired) electrons. The Kier molecular flexibility index (Phi) is 7.09. The largest absolute Gasteiger partial charge is 0.453 e. The van der Waals surface area contributed by atoms with E-state index in [4.69, 9.17) is 19.7 Å². The fraction of sp³-hybridized carbons (Fsp3) is 0. The molecular weight excluding hydrogens is 713 g/mol. The highest BCUT2D eigenvalue weighted by atomic mass is 16.5. The van der Waals surface area contributed by atoms with Crippen LogP contribution in [0, 0.1) is 0 Å². The molecule has 7 nitrogen and oxygen atoms in total. The molecule has 0 atom stereocenters. The summed E-state index contributed by atoms with van der Waals surface area (Å²) < 4.78 is 8.73. The average molecular weight is 745 g/mol. The molecule has 7 heteroatoms. The Labute approximate surface area is 334 Å². The van der Waals surface area contributed by atoms with Gasteiger partial charge in [-0.3, -0.25) is 0 Å². The molecule has 0 amide bonds. The van der Waals surface area contributed by atoms with Gasteiger partial charge in [0.1, 0.15) is 0 Å². The highest BCUT2D eigenvalue weighted by molar-refractivity contribution is 6.17. The van der Waals surface area contributed by atoms with E-state index in [0.29, 0.717) is 17.5 Å².